The number of alkyl halides is 6. The highest BCUT2D eigenvalue weighted by Crippen LogP contribution is 2.43. The number of thiazole rings is 1. The monoisotopic (exact) mass is 468 g/mol. The molecule has 2 saturated carbocycles. The third-order valence-electron chi connectivity index (χ3n) is 5.69. The van der Waals surface area contributed by atoms with Crippen molar-refractivity contribution < 1.29 is 26.3 Å². The number of hydrogen-bond donors (Lipinski definition) is 3. The van der Waals surface area contributed by atoms with Crippen LogP contribution >= 0.6 is 11.3 Å². The maximum absolute atomic E-state index is 13.8. The van der Waals surface area contributed by atoms with Crippen LogP contribution in [0.4, 0.5) is 26.3 Å². The molecule has 2 fully saturated rings. The first kappa shape index (κ1) is 22.3. The van der Waals surface area contributed by atoms with Crippen LogP contribution in [0.25, 0.3) is 0 Å². The average molecular weight is 468 g/mol. The molecule has 13 heteroatoms. The van der Waals surface area contributed by atoms with Gasteiger partial charge in [-0.2, -0.15) is 8.78 Å². The second-order valence-electron chi connectivity index (χ2n) is 8.49. The zero-order chi connectivity index (χ0) is 22.7. The molecule has 3 atom stereocenters. The number of nitrogens with one attached hydrogen (secondary N) is 2. The number of nitrogens with two attached hydrogens (primary N) is 1. The van der Waals surface area contributed by atoms with Crippen LogP contribution < -0.4 is 16.4 Å². The van der Waals surface area contributed by atoms with E-state index in [4.69, 9.17) is 5.73 Å². The Morgan fingerprint density at radius 2 is 1.84 bits per heavy atom. The van der Waals surface area contributed by atoms with Crippen molar-refractivity contribution in [3.8, 4) is 0 Å². The van der Waals surface area contributed by atoms with Crippen molar-refractivity contribution in [2.75, 3.05) is 0 Å². The van der Waals surface area contributed by atoms with Crippen molar-refractivity contribution in [2.45, 2.75) is 75.0 Å². The Bertz CT molecular complexity index is 910. The fourth-order valence-electron chi connectivity index (χ4n) is 4.08. The SMILES string of the molecule is CC(F)(F)c1nc(C2=NC(N)(C3CCC(F)(F)C3)NC(=NC3CCC(F)(F)C3)N2)cs1. The number of nitrogens with zero attached hydrogens (tertiary/aromatic N) is 3. The molecule has 1 aromatic heterocycles. The van der Waals surface area contributed by atoms with Crippen molar-refractivity contribution in [1.29, 1.82) is 0 Å². The molecule has 172 valence electrons. The minimum Gasteiger partial charge on any atom is -0.319 e. The molecule has 6 nitrogen and oxygen atoms in total. The van der Waals surface area contributed by atoms with E-state index in [1.165, 1.54) is 5.38 Å². The molecule has 3 unspecified atom stereocenters. The van der Waals surface area contributed by atoms with E-state index >= 15 is 0 Å². The zero-order valence-electron chi connectivity index (χ0n) is 16.6. The van der Waals surface area contributed by atoms with Gasteiger partial charge in [-0.25, -0.2) is 32.5 Å². The van der Waals surface area contributed by atoms with Crippen LogP contribution in [-0.4, -0.2) is 40.5 Å². The Kier molecular flexibility index (Phi) is 5.27. The lowest BCUT2D eigenvalue weighted by Crippen LogP contribution is -2.66. The highest BCUT2D eigenvalue weighted by Gasteiger charge is 2.50. The zero-order valence-corrected chi connectivity index (χ0v) is 17.4. The highest BCUT2D eigenvalue weighted by atomic mass is 32.1. The molecule has 2 heterocycles. The first-order chi connectivity index (χ1) is 14.2. The Balaban J connectivity index is 1.67. The van der Waals surface area contributed by atoms with Crippen molar-refractivity contribution in [3.05, 3.63) is 16.1 Å². The van der Waals surface area contributed by atoms with Gasteiger partial charge in [0.05, 0.1) is 6.04 Å². The molecule has 0 aromatic carbocycles. The lowest BCUT2D eigenvalue weighted by Gasteiger charge is -2.38. The molecule has 4 rings (SSSR count). The van der Waals surface area contributed by atoms with Crippen LogP contribution in [0.1, 0.15) is 56.2 Å². The van der Waals surface area contributed by atoms with E-state index in [2.05, 4.69) is 25.6 Å². The third kappa shape index (κ3) is 4.81. The van der Waals surface area contributed by atoms with Crippen LogP contribution in [-0.2, 0) is 5.92 Å². The predicted molar refractivity (Wildman–Crippen MR) is 104 cm³/mol. The number of halogens is 6. The Morgan fingerprint density at radius 1 is 1.16 bits per heavy atom. The molecule has 0 spiro atoms. The third-order valence-corrected chi connectivity index (χ3v) is 6.70. The first-order valence-electron chi connectivity index (χ1n) is 9.86. The number of amidine groups is 1. The van der Waals surface area contributed by atoms with Gasteiger partial charge in [0.15, 0.2) is 22.6 Å². The normalized spacial score (nSPS) is 33.8. The molecule has 0 saturated heterocycles. The molecule has 2 aliphatic carbocycles. The van der Waals surface area contributed by atoms with Crippen molar-refractivity contribution >= 4 is 23.1 Å². The summed E-state index contributed by atoms with van der Waals surface area (Å²) in [5.41, 5.74) is 6.40. The summed E-state index contributed by atoms with van der Waals surface area (Å²) in [5, 5.41) is 6.44. The number of hydrogen-bond acceptors (Lipinski definition) is 5. The average Bonchev–Trinajstić information content (AvgIpc) is 3.32. The standard InChI is InChI=1S/C18H22F6N6S/c1-15(19,20)13-27-11(8-31-13)12-28-14(26-10-3-5-17(23,24)7-10)30-18(25,29-12)9-2-4-16(21,22)6-9/h8-10H,2-7,25H2,1H3,(H2,26,28,29,30). The Labute approximate surface area is 178 Å². The fourth-order valence-corrected chi connectivity index (χ4v) is 4.83. The minimum absolute atomic E-state index is 0.0109. The topological polar surface area (TPSA) is 87.7 Å². The van der Waals surface area contributed by atoms with Gasteiger partial charge in [0, 0.05) is 43.9 Å². The van der Waals surface area contributed by atoms with E-state index in [-0.39, 0.29) is 43.2 Å². The molecular weight excluding hydrogens is 446 g/mol. The van der Waals surface area contributed by atoms with Crippen molar-refractivity contribution in [2.24, 2.45) is 21.6 Å². The van der Waals surface area contributed by atoms with Crippen LogP contribution in [0.3, 0.4) is 0 Å². The summed E-state index contributed by atoms with van der Waals surface area (Å²) in [6.45, 7) is 0.703. The summed E-state index contributed by atoms with van der Waals surface area (Å²) in [7, 11) is 0. The highest BCUT2D eigenvalue weighted by molar-refractivity contribution is 7.10. The minimum atomic E-state index is -3.17. The maximum Gasteiger partial charge on any atom is 0.296 e. The molecule has 3 aliphatic rings. The van der Waals surface area contributed by atoms with E-state index in [0.717, 1.165) is 0 Å². The lowest BCUT2D eigenvalue weighted by atomic mass is 9.98. The van der Waals surface area contributed by atoms with E-state index in [0.29, 0.717) is 18.3 Å². The summed E-state index contributed by atoms with van der Waals surface area (Å²) in [6, 6.07) is -0.704. The van der Waals surface area contributed by atoms with E-state index in [1.54, 1.807) is 0 Å². The largest absolute Gasteiger partial charge is 0.319 e. The van der Waals surface area contributed by atoms with Crippen molar-refractivity contribution in [1.82, 2.24) is 15.6 Å². The van der Waals surface area contributed by atoms with Gasteiger partial charge in [-0.1, -0.05) is 0 Å². The Morgan fingerprint density at radius 3 is 2.39 bits per heavy atom. The molecule has 31 heavy (non-hydrogen) atoms. The van der Waals surface area contributed by atoms with Crippen LogP contribution in [0.2, 0.25) is 0 Å². The second kappa shape index (κ2) is 7.32. The van der Waals surface area contributed by atoms with E-state index in [1.807, 2.05) is 0 Å². The molecule has 0 bridgehead atoms. The first-order valence-corrected chi connectivity index (χ1v) is 10.7. The quantitative estimate of drug-likeness (QED) is 0.587. The van der Waals surface area contributed by atoms with Crippen LogP contribution in [0.15, 0.2) is 15.4 Å². The molecule has 0 amide bonds. The van der Waals surface area contributed by atoms with Crippen LogP contribution in [0, 0.1) is 5.92 Å². The van der Waals surface area contributed by atoms with E-state index < -0.39 is 53.4 Å². The number of aromatic nitrogens is 1. The van der Waals surface area contributed by atoms with Gasteiger partial charge in [-0.3, -0.25) is 5.73 Å². The molecule has 0 radical (unpaired) electrons. The van der Waals surface area contributed by atoms with Gasteiger partial charge in [-0.05, 0) is 12.8 Å². The number of rotatable bonds is 4. The summed E-state index contributed by atoms with van der Waals surface area (Å²) in [5.74, 6) is -11.4. The molecule has 1 aromatic rings. The van der Waals surface area contributed by atoms with Gasteiger partial charge in [-0.15, -0.1) is 11.3 Å². The maximum atomic E-state index is 13.8. The fraction of sp³-hybridized carbons (Fsp3) is 0.722. The predicted octanol–water partition coefficient (Wildman–Crippen LogP) is 3.79. The van der Waals surface area contributed by atoms with E-state index in [9.17, 15) is 26.3 Å². The molecular formula is C18H22F6N6S. The van der Waals surface area contributed by atoms with Gasteiger partial charge < -0.3 is 10.6 Å². The second-order valence-corrected chi connectivity index (χ2v) is 9.35. The van der Waals surface area contributed by atoms with Gasteiger partial charge >= 0.3 is 0 Å². The summed E-state index contributed by atoms with van der Waals surface area (Å²) in [6.07, 6.45) is -1.41. The summed E-state index contributed by atoms with van der Waals surface area (Å²) < 4.78 is 82.0. The smallest absolute Gasteiger partial charge is 0.296 e. The molecule has 1 aliphatic heterocycles. The summed E-state index contributed by atoms with van der Waals surface area (Å²) in [4.78, 5) is 12.4. The van der Waals surface area contributed by atoms with Gasteiger partial charge in [0.1, 0.15) is 5.69 Å². The molecule has 4 N–H and O–H groups in total. The van der Waals surface area contributed by atoms with Gasteiger partial charge in [0.25, 0.3) is 5.92 Å². The summed E-state index contributed by atoms with van der Waals surface area (Å²) >= 11 is 0.714. The number of guanidine groups is 1. The van der Waals surface area contributed by atoms with Gasteiger partial charge in [0.2, 0.25) is 11.8 Å². The lowest BCUT2D eigenvalue weighted by molar-refractivity contribution is 0.000203. The Hall–Kier alpha value is -1.89. The number of aliphatic imine (C=N–C) groups is 2. The van der Waals surface area contributed by atoms with Crippen LogP contribution in [0.5, 0.6) is 0 Å². The van der Waals surface area contributed by atoms with Crippen molar-refractivity contribution in [3.63, 3.8) is 0 Å².